The van der Waals surface area contributed by atoms with Crippen molar-refractivity contribution in [2.45, 2.75) is 66.2 Å². The van der Waals surface area contributed by atoms with E-state index in [-0.39, 0.29) is 0 Å². The van der Waals surface area contributed by atoms with Gasteiger partial charge >= 0.3 is 0 Å². The maximum Gasteiger partial charge on any atom is 0.0155 e. The van der Waals surface area contributed by atoms with E-state index in [2.05, 4.69) is 52.0 Å². The minimum absolute atomic E-state index is 0.315. The van der Waals surface area contributed by atoms with Crippen LogP contribution in [0.3, 0.4) is 0 Å². The van der Waals surface area contributed by atoms with Gasteiger partial charge in [0.15, 0.2) is 0 Å². The number of hydrogen-bond acceptors (Lipinski definition) is 0. The fourth-order valence-corrected chi connectivity index (χ4v) is 3.13. The highest BCUT2D eigenvalue weighted by Gasteiger charge is 2.32. The fraction of sp³-hybridized carbons (Fsp3) is 0.647. The molecule has 0 unspecified atom stereocenters. The Hall–Kier alpha value is -0.780. The standard InChI is InChI=1S/C17H28/c1-5-13-17(14-6-2,15(4)7-3)16-11-9-8-10-12-16/h7,9,11-12H,5-6,8,10,13-14H2,1-4H3. The second-order valence-electron chi connectivity index (χ2n) is 5.19. The Bertz CT molecular complexity index is 309. The van der Waals surface area contributed by atoms with E-state index in [1.807, 2.05) is 0 Å². The Morgan fingerprint density at radius 2 is 1.88 bits per heavy atom. The molecule has 0 radical (unpaired) electrons. The molecule has 0 spiro atoms. The zero-order valence-corrected chi connectivity index (χ0v) is 12.1. The lowest BCUT2D eigenvalue weighted by atomic mass is 9.67. The van der Waals surface area contributed by atoms with Crippen LogP contribution in [0.5, 0.6) is 0 Å². The van der Waals surface area contributed by atoms with E-state index in [0.29, 0.717) is 5.41 Å². The summed E-state index contributed by atoms with van der Waals surface area (Å²) < 4.78 is 0. The lowest BCUT2D eigenvalue weighted by molar-refractivity contribution is 0.360. The Kier molecular flexibility index (Phi) is 5.74. The topological polar surface area (TPSA) is 0 Å². The van der Waals surface area contributed by atoms with Crippen LogP contribution in [0, 0.1) is 5.41 Å². The van der Waals surface area contributed by atoms with E-state index in [1.54, 1.807) is 11.1 Å². The van der Waals surface area contributed by atoms with Crippen molar-refractivity contribution in [3.05, 3.63) is 35.5 Å². The van der Waals surface area contributed by atoms with Gasteiger partial charge in [0.25, 0.3) is 0 Å². The van der Waals surface area contributed by atoms with Gasteiger partial charge in [-0.1, -0.05) is 56.6 Å². The average Bonchev–Trinajstić information content (AvgIpc) is 2.38. The molecule has 17 heavy (non-hydrogen) atoms. The predicted octanol–water partition coefficient (Wildman–Crippen LogP) is 5.82. The van der Waals surface area contributed by atoms with Crippen LogP contribution in [0.15, 0.2) is 35.5 Å². The molecule has 0 aromatic carbocycles. The second kappa shape index (κ2) is 6.83. The van der Waals surface area contributed by atoms with Gasteiger partial charge in [-0.05, 0) is 45.1 Å². The normalized spacial score (nSPS) is 17.2. The van der Waals surface area contributed by atoms with Crippen molar-refractivity contribution in [1.29, 1.82) is 0 Å². The van der Waals surface area contributed by atoms with Crippen molar-refractivity contribution >= 4 is 0 Å². The fourth-order valence-electron chi connectivity index (χ4n) is 3.13. The van der Waals surface area contributed by atoms with Gasteiger partial charge in [0.1, 0.15) is 0 Å². The molecular weight excluding hydrogens is 204 g/mol. The van der Waals surface area contributed by atoms with Crippen LogP contribution in [-0.2, 0) is 0 Å². The Labute approximate surface area is 108 Å². The quantitative estimate of drug-likeness (QED) is 0.506. The summed E-state index contributed by atoms with van der Waals surface area (Å²) in [6.07, 6.45) is 17.0. The molecule has 1 aliphatic rings. The third-order valence-corrected chi connectivity index (χ3v) is 4.09. The molecule has 96 valence electrons. The molecule has 1 rings (SSSR count). The van der Waals surface area contributed by atoms with E-state index >= 15 is 0 Å². The van der Waals surface area contributed by atoms with Crippen molar-refractivity contribution in [2.75, 3.05) is 0 Å². The maximum atomic E-state index is 2.47. The molecule has 0 atom stereocenters. The van der Waals surface area contributed by atoms with Gasteiger partial charge in [-0.15, -0.1) is 0 Å². The molecule has 0 saturated heterocycles. The van der Waals surface area contributed by atoms with E-state index < -0.39 is 0 Å². The summed E-state index contributed by atoms with van der Waals surface area (Å²) in [5.74, 6) is 0. The molecule has 1 aliphatic carbocycles. The van der Waals surface area contributed by atoms with Crippen molar-refractivity contribution in [3.8, 4) is 0 Å². The van der Waals surface area contributed by atoms with Crippen LogP contribution >= 0.6 is 0 Å². The van der Waals surface area contributed by atoms with Gasteiger partial charge in [0.2, 0.25) is 0 Å². The van der Waals surface area contributed by atoms with E-state index in [1.165, 1.54) is 38.5 Å². The van der Waals surface area contributed by atoms with Gasteiger partial charge in [0.05, 0.1) is 0 Å². The van der Waals surface area contributed by atoms with Crippen molar-refractivity contribution in [1.82, 2.24) is 0 Å². The summed E-state index contributed by atoms with van der Waals surface area (Å²) in [5, 5.41) is 0. The van der Waals surface area contributed by atoms with Gasteiger partial charge in [-0.3, -0.25) is 0 Å². The number of rotatable bonds is 6. The monoisotopic (exact) mass is 232 g/mol. The maximum absolute atomic E-state index is 2.47. The minimum atomic E-state index is 0.315. The molecule has 0 aliphatic heterocycles. The van der Waals surface area contributed by atoms with Crippen molar-refractivity contribution < 1.29 is 0 Å². The molecular formula is C17H28. The molecule has 0 bridgehead atoms. The highest BCUT2D eigenvalue weighted by Crippen LogP contribution is 2.45. The first kappa shape index (κ1) is 14.3. The lowest BCUT2D eigenvalue weighted by Gasteiger charge is -2.37. The Balaban J connectivity index is 3.13. The highest BCUT2D eigenvalue weighted by atomic mass is 14.4. The summed E-state index contributed by atoms with van der Waals surface area (Å²) in [6, 6.07) is 0. The molecule has 0 N–H and O–H groups in total. The third-order valence-electron chi connectivity index (χ3n) is 4.09. The molecule has 0 heterocycles. The summed E-state index contributed by atoms with van der Waals surface area (Å²) in [5.41, 5.74) is 3.44. The van der Waals surface area contributed by atoms with E-state index in [9.17, 15) is 0 Å². The molecule has 0 nitrogen and oxygen atoms in total. The number of allylic oxidation sites excluding steroid dienone is 6. The van der Waals surface area contributed by atoms with Gasteiger partial charge in [0, 0.05) is 5.41 Å². The van der Waals surface area contributed by atoms with Crippen LogP contribution in [0.1, 0.15) is 66.2 Å². The van der Waals surface area contributed by atoms with Crippen LogP contribution in [0.2, 0.25) is 0 Å². The van der Waals surface area contributed by atoms with Crippen LogP contribution in [0.4, 0.5) is 0 Å². The summed E-state index contributed by atoms with van der Waals surface area (Å²) in [4.78, 5) is 0. The minimum Gasteiger partial charge on any atom is -0.0878 e. The van der Waals surface area contributed by atoms with Gasteiger partial charge < -0.3 is 0 Å². The highest BCUT2D eigenvalue weighted by molar-refractivity contribution is 5.37. The molecule has 0 saturated carbocycles. The van der Waals surface area contributed by atoms with Crippen molar-refractivity contribution in [3.63, 3.8) is 0 Å². The van der Waals surface area contributed by atoms with E-state index in [4.69, 9.17) is 0 Å². The summed E-state index contributed by atoms with van der Waals surface area (Å²) >= 11 is 0. The SMILES string of the molecule is CC=C(C)C(CCC)(CCC)C1=CCCC=C1. The summed E-state index contributed by atoms with van der Waals surface area (Å²) in [7, 11) is 0. The van der Waals surface area contributed by atoms with E-state index in [0.717, 1.165) is 0 Å². The van der Waals surface area contributed by atoms with Crippen LogP contribution in [-0.4, -0.2) is 0 Å². The molecule has 0 fully saturated rings. The summed E-state index contributed by atoms with van der Waals surface area (Å²) in [6.45, 7) is 9.11. The van der Waals surface area contributed by atoms with Gasteiger partial charge in [-0.2, -0.15) is 0 Å². The smallest absolute Gasteiger partial charge is 0.0155 e. The molecule has 0 heteroatoms. The Morgan fingerprint density at radius 3 is 2.29 bits per heavy atom. The van der Waals surface area contributed by atoms with Crippen molar-refractivity contribution in [2.24, 2.45) is 5.41 Å². The molecule has 0 aromatic rings. The molecule has 0 aromatic heterocycles. The Morgan fingerprint density at radius 1 is 1.24 bits per heavy atom. The zero-order valence-electron chi connectivity index (χ0n) is 12.1. The average molecular weight is 232 g/mol. The first-order valence-electron chi connectivity index (χ1n) is 7.21. The van der Waals surface area contributed by atoms with Gasteiger partial charge in [-0.25, -0.2) is 0 Å². The third kappa shape index (κ3) is 3.12. The van der Waals surface area contributed by atoms with Crippen LogP contribution in [0.25, 0.3) is 0 Å². The first-order chi connectivity index (χ1) is 8.21. The molecule has 0 amide bonds. The lowest BCUT2D eigenvalue weighted by Crippen LogP contribution is -2.25. The van der Waals surface area contributed by atoms with Crippen LogP contribution < -0.4 is 0 Å². The zero-order chi connectivity index (χ0) is 12.7. The number of hydrogen-bond donors (Lipinski definition) is 0. The first-order valence-corrected chi connectivity index (χ1v) is 7.21. The largest absolute Gasteiger partial charge is 0.0878 e. The second-order valence-corrected chi connectivity index (χ2v) is 5.19. The predicted molar refractivity (Wildman–Crippen MR) is 78.1 cm³/mol.